The molecule has 2 saturated heterocycles. The molecule has 2 aliphatic carbocycles. The summed E-state index contributed by atoms with van der Waals surface area (Å²) in [6.07, 6.45) is 21.3. The third-order valence-corrected chi connectivity index (χ3v) is 20.4. The summed E-state index contributed by atoms with van der Waals surface area (Å²) in [5, 5.41) is 2.99. The number of nitrogens with zero attached hydrogens (tertiary/aromatic N) is 6. The van der Waals surface area contributed by atoms with Crippen LogP contribution < -0.4 is 11.1 Å². The Hall–Kier alpha value is -7.95. The molecule has 0 spiro atoms. The molecule has 3 aromatic heterocycles. The van der Waals surface area contributed by atoms with Crippen molar-refractivity contribution in [3.8, 4) is 45.0 Å². The van der Waals surface area contributed by atoms with Gasteiger partial charge < -0.3 is 30.3 Å². The lowest BCUT2D eigenvalue weighted by atomic mass is 9.78. The van der Waals surface area contributed by atoms with Crippen molar-refractivity contribution in [2.45, 2.75) is 141 Å². The molecule has 0 unspecified atom stereocenters. The van der Waals surface area contributed by atoms with Gasteiger partial charge in [-0.15, -0.1) is 11.3 Å². The quantitative estimate of drug-likeness (QED) is 0.0772. The minimum absolute atomic E-state index is 0.0801. The summed E-state index contributed by atoms with van der Waals surface area (Å²) >= 11 is 1.44. The zero-order valence-corrected chi connectivity index (χ0v) is 53.5. The molecule has 466 valence electrons. The first-order valence-corrected chi connectivity index (χ1v) is 32.7. The molecule has 11 rings (SSSR count). The van der Waals surface area contributed by atoms with Gasteiger partial charge in [0.1, 0.15) is 6.04 Å². The molecular weight excluding hydrogens is 1130 g/mol. The number of rotatable bonds is 18. The van der Waals surface area contributed by atoms with Crippen molar-refractivity contribution in [1.29, 1.82) is 0 Å². The molecule has 2 atom stereocenters. The van der Waals surface area contributed by atoms with Gasteiger partial charge in [-0.2, -0.15) is 0 Å². The van der Waals surface area contributed by atoms with Crippen LogP contribution in [0, 0.1) is 23.7 Å². The monoisotopic (exact) mass is 1220 g/mol. The Balaban J connectivity index is 0.000000202. The average molecular weight is 1220 g/mol. The van der Waals surface area contributed by atoms with Gasteiger partial charge in [-0.05, 0) is 132 Å². The molecular formula is C73H86N8O7S. The third-order valence-electron chi connectivity index (χ3n) is 18.8. The molecule has 0 bridgehead atoms. The maximum atomic E-state index is 13.6. The van der Waals surface area contributed by atoms with Crippen LogP contribution in [0.4, 0.5) is 0 Å². The minimum atomic E-state index is -0.791. The number of aromatic nitrogens is 4. The van der Waals surface area contributed by atoms with Crippen LogP contribution in [-0.2, 0) is 46.9 Å². The maximum Gasteiger partial charge on any atom is 0.312 e. The lowest BCUT2D eigenvalue weighted by Gasteiger charge is -2.39. The number of hydrogen-bond acceptors (Lipinski definition) is 13. The number of esters is 2. The number of nitrogens with one attached hydrogen (secondary N) is 1. The summed E-state index contributed by atoms with van der Waals surface area (Å²) in [5.74, 6) is 2.59. The molecule has 2 aliphatic heterocycles. The number of amides is 3. The highest BCUT2D eigenvalue weighted by Gasteiger charge is 2.40. The summed E-state index contributed by atoms with van der Waals surface area (Å²) in [4.78, 5) is 86.5. The van der Waals surface area contributed by atoms with E-state index in [4.69, 9.17) is 15.2 Å². The zero-order chi connectivity index (χ0) is 62.8. The van der Waals surface area contributed by atoms with Crippen LogP contribution in [0.25, 0.3) is 45.0 Å². The van der Waals surface area contributed by atoms with Gasteiger partial charge in [0, 0.05) is 84.5 Å². The fourth-order valence-corrected chi connectivity index (χ4v) is 13.8. The highest BCUT2D eigenvalue weighted by Crippen LogP contribution is 2.39. The molecule has 4 aromatic carbocycles. The number of nitrogens with two attached hydrogens (primary N) is 1. The third kappa shape index (κ3) is 15.9. The molecule has 4 fully saturated rings. The Morgan fingerprint density at radius 1 is 0.528 bits per heavy atom. The summed E-state index contributed by atoms with van der Waals surface area (Å²) in [6, 6.07) is 35.8. The van der Waals surface area contributed by atoms with Crippen molar-refractivity contribution < 1.29 is 33.4 Å². The van der Waals surface area contributed by atoms with E-state index in [1.165, 1.54) is 101 Å². The average Bonchev–Trinajstić information content (AvgIpc) is 2.17. The van der Waals surface area contributed by atoms with Crippen LogP contribution in [0.15, 0.2) is 134 Å². The molecule has 2 saturated carbocycles. The molecule has 3 N–H and O–H groups in total. The SMILES string of the molecule is CCC1CCC(c2ccc(-c3cnc(-c4ccc(C[C@H](N)C(=O)N5CC(C(=O)OC)C5)cc4)nc3)cc2)CC1.CCC1CCC(c2ccc(-c3cnc(-c4ccc(C[C@H](NC(=O)c5ccc(C(C)(C)C)s5)C(=O)N5CC(C(=O)OC)C5)cc4)nc3)cc2)CC1. The van der Waals surface area contributed by atoms with Gasteiger partial charge >= 0.3 is 11.9 Å². The first-order chi connectivity index (χ1) is 43.0. The van der Waals surface area contributed by atoms with E-state index in [-0.39, 0.29) is 60.0 Å². The number of benzene rings is 4. The van der Waals surface area contributed by atoms with E-state index in [0.717, 1.165) is 61.2 Å². The number of likely N-dealkylation sites (tertiary alicyclic amines) is 2. The fourth-order valence-electron chi connectivity index (χ4n) is 12.8. The highest BCUT2D eigenvalue weighted by molar-refractivity contribution is 7.14. The van der Waals surface area contributed by atoms with Crippen molar-refractivity contribution in [3.63, 3.8) is 0 Å². The summed E-state index contributed by atoms with van der Waals surface area (Å²) in [5.41, 5.74) is 16.8. The van der Waals surface area contributed by atoms with E-state index in [1.807, 2.05) is 85.5 Å². The van der Waals surface area contributed by atoms with E-state index in [0.29, 0.717) is 54.3 Å². The molecule has 5 heterocycles. The number of ether oxygens (including phenoxy) is 2. The molecule has 4 aliphatic rings. The number of hydrogen-bond donors (Lipinski definition) is 2. The van der Waals surface area contributed by atoms with Crippen molar-refractivity contribution in [2.75, 3.05) is 40.4 Å². The van der Waals surface area contributed by atoms with Gasteiger partial charge in [0.15, 0.2) is 11.6 Å². The second-order valence-corrected chi connectivity index (χ2v) is 26.9. The predicted molar refractivity (Wildman–Crippen MR) is 350 cm³/mol. The largest absolute Gasteiger partial charge is 0.469 e. The number of carbonyl (C=O) groups is 5. The standard InChI is InChI=1S/C41H48N4O4S.C32H38N4O3/c1-6-26-7-11-28(12-8-26)29-15-17-30(18-16-29)32-22-42-37(43-23-32)31-13-9-27(10-14-31)21-34(39(47)45-24-33(25-45)40(48)49-5)44-38(46)35-19-20-36(50-35)41(2,3)4;1-3-21-4-8-23(9-5-21)24-12-14-25(15-13-24)27-17-34-30(35-18-27)26-10-6-22(7-11-26)16-29(33)31(37)36-19-28(20-36)32(38)39-2/h9-10,13-20,22-23,26,28,33-34H,6-8,11-12,21,24-25H2,1-5H3,(H,44,46);6-7,10-15,17-18,21,23,28-29H,3-5,8-9,16,19-20,33H2,1-2H3/t26?,28?,34-;21?,23?,29-/m00/s1. The van der Waals surface area contributed by atoms with Gasteiger partial charge in [-0.25, -0.2) is 19.9 Å². The highest BCUT2D eigenvalue weighted by atomic mass is 32.1. The lowest BCUT2D eigenvalue weighted by Crippen LogP contribution is -2.59. The fraction of sp³-hybridized carbons (Fsp3) is 0.438. The number of methoxy groups -OCH3 is 2. The van der Waals surface area contributed by atoms with Gasteiger partial charge in [0.2, 0.25) is 11.8 Å². The van der Waals surface area contributed by atoms with E-state index in [2.05, 4.69) is 108 Å². The van der Waals surface area contributed by atoms with Crippen molar-refractivity contribution in [1.82, 2.24) is 35.1 Å². The smallest absolute Gasteiger partial charge is 0.312 e. The lowest BCUT2D eigenvalue weighted by molar-refractivity contribution is -0.157. The Bertz CT molecular complexity index is 3500. The molecule has 16 heteroatoms. The zero-order valence-electron chi connectivity index (χ0n) is 52.7. The van der Waals surface area contributed by atoms with Crippen LogP contribution in [0.2, 0.25) is 0 Å². The van der Waals surface area contributed by atoms with E-state index in [9.17, 15) is 24.0 Å². The van der Waals surface area contributed by atoms with E-state index < -0.39 is 12.1 Å². The second kappa shape index (κ2) is 29.1. The van der Waals surface area contributed by atoms with Gasteiger partial charge in [0.05, 0.1) is 37.0 Å². The Kier molecular flexibility index (Phi) is 21.0. The summed E-state index contributed by atoms with van der Waals surface area (Å²) < 4.78 is 9.57. The van der Waals surface area contributed by atoms with Crippen LogP contribution in [0.1, 0.15) is 147 Å². The molecule has 7 aromatic rings. The normalized spacial score (nSPS) is 19.3. The Morgan fingerprint density at radius 3 is 1.30 bits per heavy atom. The van der Waals surface area contributed by atoms with E-state index in [1.54, 1.807) is 9.80 Å². The van der Waals surface area contributed by atoms with Gasteiger partial charge in [-0.1, -0.05) is 145 Å². The number of carbonyl (C=O) groups excluding carboxylic acids is 5. The molecule has 3 amide bonds. The first kappa shape index (κ1) is 64.0. The van der Waals surface area contributed by atoms with Crippen molar-refractivity contribution >= 4 is 41.0 Å². The van der Waals surface area contributed by atoms with E-state index >= 15 is 0 Å². The molecule has 0 radical (unpaired) electrons. The Morgan fingerprint density at radius 2 is 0.921 bits per heavy atom. The second-order valence-electron chi connectivity index (χ2n) is 25.9. The topological polar surface area (TPSA) is 200 Å². The summed E-state index contributed by atoms with van der Waals surface area (Å²) in [6.45, 7) is 12.2. The Labute approximate surface area is 528 Å². The summed E-state index contributed by atoms with van der Waals surface area (Å²) in [7, 11) is 2.71. The molecule has 15 nitrogen and oxygen atoms in total. The first-order valence-electron chi connectivity index (χ1n) is 31.9. The van der Waals surface area contributed by atoms with Gasteiger partial charge in [0.25, 0.3) is 5.91 Å². The molecule has 89 heavy (non-hydrogen) atoms. The van der Waals surface area contributed by atoms with Gasteiger partial charge in [-0.3, -0.25) is 24.0 Å². The minimum Gasteiger partial charge on any atom is -0.469 e. The number of thiophene rings is 1. The van der Waals surface area contributed by atoms with Crippen LogP contribution in [0.5, 0.6) is 0 Å². The van der Waals surface area contributed by atoms with Crippen molar-refractivity contribution in [2.24, 2.45) is 29.4 Å². The van der Waals surface area contributed by atoms with Crippen LogP contribution in [0.3, 0.4) is 0 Å². The predicted octanol–water partition coefficient (Wildman–Crippen LogP) is 12.8. The van der Waals surface area contributed by atoms with Crippen molar-refractivity contribution in [3.05, 3.63) is 166 Å². The van der Waals surface area contributed by atoms with Crippen LogP contribution >= 0.6 is 11.3 Å². The maximum absolute atomic E-state index is 13.6. The van der Waals surface area contributed by atoms with Crippen LogP contribution in [-0.4, -0.2) is 112 Å².